The number of hydrogen-bond acceptors (Lipinski definition) is 3. The van der Waals surface area contributed by atoms with Crippen molar-refractivity contribution in [3.8, 4) is 0 Å². The summed E-state index contributed by atoms with van der Waals surface area (Å²) in [5, 5.41) is 5.01. The number of carbonyl (C=O) groups excluding carboxylic acids is 2. The van der Waals surface area contributed by atoms with E-state index in [4.69, 9.17) is 5.73 Å². The summed E-state index contributed by atoms with van der Waals surface area (Å²) in [5.74, 6) is -0.242. The maximum Gasteiger partial charge on any atom is 0.312 e. The largest absolute Gasteiger partial charge is 0.352 e. The molecule has 1 rings (SSSR count). The molecular formula is C10H12BrN3O2S. The molecular weight excluding hydrogens is 306 g/mol. The van der Waals surface area contributed by atoms with Crippen LogP contribution in [0.15, 0.2) is 27.6 Å². The van der Waals surface area contributed by atoms with Crippen LogP contribution in [0.1, 0.15) is 10.4 Å². The van der Waals surface area contributed by atoms with Gasteiger partial charge in [-0.3, -0.25) is 4.79 Å². The first-order valence-electron chi connectivity index (χ1n) is 4.80. The lowest BCUT2D eigenvalue weighted by Gasteiger charge is -2.07. The second-order valence-corrected chi connectivity index (χ2v) is 4.61. The predicted molar refractivity (Wildman–Crippen MR) is 71.3 cm³/mol. The molecule has 7 heteroatoms. The van der Waals surface area contributed by atoms with Crippen LogP contribution in [-0.4, -0.2) is 25.0 Å². The molecule has 0 aliphatic heterocycles. The van der Waals surface area contributed by atoms with Gasteiger partial charge in [0.15, 0.2) is 0 Å². The smallest absolute Gasteiger partial charge is 0.312 e. The number of amides is 3. The van der Waals surface area contributed by atoms with Crippen LogP contribution in [0.5, 0.6) is 0 Å². The summed E-state index contributed by atoms with van der Waals surface area (Å²) in [5.41, 5.74) is 5.36. The van der Waals surface area contributed by atoms with E-state index in [0.29, 0.717) is 23.5 Å². The third-order valence-corrected chi connectivity index (χ3v) is 2.78. The average Bonchev–Trinajstić information content (AvgIpc) is 2.23. The number of thiol groups is 1. The molecule has 0 bridgehead atoms. The Labute approximate surface area is 113 Å². The number of halogens is 1. The molecule has 5 nitrogen and oxygen atoms in total. The number of primary amides is 1. The molecule has 0 heterocycles. The topological polar surface area (TPSA) is 84.2 Å². The van der Waals surface area contributed by atoms with Crippen molar-refractivity contribution in [2.75, 3.05) is 13.1 Å². The zero-order valence-electron chi connectivity index (χ0n) is 8.87. The molecule has 0 aliphatic rings. The van der Waals surface area contributed by atoms with Crippen molar-refractivity contribution >= 4 is 40.5 Å². The highest BCUT2D eigenvalue weighted by molar-refractivity contribution is 9.10. The molecule has 0 atom stereocenters. The van der Waals surface area contributed by atoms with Gasteiger partial charge in [0.2, 0.25) is 0 Å². The van der Waals surface area contributed by atoms with Crippen LogP contribution in [0.25, 0.3) is 0 Å². The van der Waals surface area contributed by atoms with Crippen molar-refractivity contribution in [2.45, 2.75) is 4.90 Å². The maximum atomic E-state index is 11.7. The minimum absolute atomic E-state index is 0.242. The third kappa shape index (κ3) is 4.66. The molecule has 4 N–H and O–H groups in total. The van der Waals surface area contributed by atoms with Crippen molar-refractivity contribution in [3.05, 3.63) is 28.2 Å². The number of nitrogens with one attached hydrogen (secondary N) is 2. The summed E-state index contributed by atoms with van der Waals surface area (Å²) >= 11 is 7.49. The van der Waals surface area contributed by atoms with Crippen molar-refractivity contribution in [3.63, 3.8) is 0 Å². The second kappa shape index (κ2) is 6.51. The van der Waals surface area contributed by atoms with Gasteiger partial charge in [-0.15, -0.1) is 12.6 Å². The van der Waals surface area contributed by atoms with Crippen LogP contribution >= 0.6 is 28.6 Å². The number of nitrogens with two attached hydrogens (primary N) is 1. The Balaban J connectivity index is 2.50. The first kappa shape index (κ1) is 13.9. The number of rotatable bonds is 4. The Morgan fingerprint density at radius 2 is 1.94 bits per heavy atom. The molecule has 0 saturated heterocycles. The fraction of sp³-hybridized carbons (Fsp3) is 0.200. The molecule has 0 saturated carbocycles. The Bertz CT molecular complexity index is 440. The van der Waals surface area contributed by atoms with Crippen LogP contribution in [0.4, 0.5) is 4.79 Å². The van der Waals surface area contributed by atoms with Gasteiger partial charge < -0.3 is 16.4 Å². The molecule has 92 valence electrons. The highest BCUT2D eigenvalue weighted by Gasteiger charge is 2.08. The quantitative estimate of drug-likeness (QED) is 0.496. The van der Waals surface area contributed by atoms with E-state index in [1.54, 1.807) is 18.2 Å². The molecule has 1 aromatic rings. The van der Waals surface area contributed by atoms with Crippen LogP contribution in [-0.2, 0) is 0 Å². The average molecular weight is 318 g/mol. The highest BCUT2D eigenvalue weighted by atomic mass is 79.9. The fourth-order valence-electron chi connectivity index (χ4n) is 1.15. The van der Waals surface area contributed by atoms with Gasteiger partial charge in [0.25, 0.3) is 5.91 Å². The van der Waals surface area contributed by atoms with Gasteiger partial charge >= 0.3 is 6.03 Å². The van der Waals surface area contributed by atoms with Crippen molar-refractivity contribution in [1.29, 1.82) is 0 Å². The third-order valence-electron chi connectivity index (χ3n) is 1.91. The molecule has 0 aliphatic carbocycles. The van der Waals surface area contributed by atoms with Crippen molar-refractivity contribution in [2.24, 2.45) is 5.73 Å². The highest BCUT2D eigenvalue weighted by Crippen LogP contribution is 2.19. The molecule has 0 spiro atoms. The number of hydrogen-bond donors (Lipinski definition) is 4. The first-order valence-corrected chi connectivity index (χ1v) is 6.04. The van der Waals surface area contributed by atoms with Gasteiger partial charge in [0.05, 0.1) is 5.56 Å². The van der Waals surface area contributed by atoms with E-state index in [-0.39, 0.29) is 5.91 Å². The van der Waals surface area contributed by atoms with Crippen molar-refractivity contribution in [1.82, 2.24) is 10.6 Å². The van der Waals surface area contributed by atoms with Crippen LogP contribution in [0, 0.1) is 0 Å². The van der Waals surface area contributed by atoms with E-state index in [1.807, 2.05) is 0 Å². The van der Waals surface area contributed by atoms with Crippen LogP contribution in [0.2, 0.25) is 0 Å². The minimum atomic E-state index is -0.613. The molecule has 3 amide bonds. The van der Waals surface area contributed by atoms with Crippen LogP contribution < -0.4 is 16.4 Å². The summed E-state index contributed by atoms with van der Waals surface area (Å²) in [6.07, 6.45) is 0. The Kier molecular flexibility index (Phi) is 5.30. The van der Waals surface area contributed by atoms with Gasteiger partial charge in [-0.05, 0) is 18.2 Å². The Morgan fingerprint density at radius 1 is 1.29 bits per heavy atom. The van der Waals surface area contributed by atoms with E-state index in [0.717, 1.165) is 4.47 Å². The number of urea groups is 1. The first-order chi connectivity index (χ1) is 8.00. The summed E-state index contributed by atoms with van der Waals surface area (Å²) < 4.78 is 0.856. The van der Waals surface area contributed by atoms with E-state index in [9.17, 15) is 9.59 Å². The summed E-state index contributed by atoms with van der Waals surface area (Å²) in [6.45, 7) is 0.602. The standard InChI is InChI=1S/C10H12BrN3O2S/c11-6-1-2-7(8(17)5-6)9(15)13-3-4-14-10(12)16/h1-2,5,17H,3-4H2,(H,13,15)(H3,12,14,16). The molecule has 0 radical (unpaired) electrons. The van der Waals surface area contributed by atoms with E-state index < -0.39 is 6.03 Å². The normalized spacial score (nSPS) is 9.76. The van der Waals surface area contributed by atoms with E-state index in [2.05, 4.69) is 39.2 Å². The molecule has 0 fully saturated rings. The number of carbonyl (C=O) groups is 2. The zero-order valence-corrected chi connectivity index (χ0v) is 11.3. The van der Waals surface area contributed by atoms with Crippen LogP contribution in [0.3, 0.4) is 0 Å². The number of benzene rings is 1. The summed E-state index contributed by atoms with van der Waals surface area (Å²) in [6, 6.07) is 4.55. The lowest BCUT2D eigenvalue weighted by atomic mass is 10.2. The van der Waals surface area contributed by atoms with Gasteiger partial charge in [-0.1, -0.05) is 15.9 Å². The predicted octanol–water partition coefficient (Wildman–Crippen LogP) is 1.14. The van der Waals surface area contributed by atoms with Gasteiger partial charge in [0.1, 0.15) is 0 Å². The van der Waals surface area contributed by atoms with Crippen molar-refractivity contribution < 1.29 is 9.59 Å². The molecule has 0 aromatic heterocycles. The van der Waals surface area contributed by atoms with E-state index in [1.165, 1.54) is 0 Å². The minimum Gasteiger partial charge on any atom is -0.352 e. The molecule has 1 aromatic carbocycles. The fourth-order valence-corrected chi connectivity index (χ4v) is 2.01. The molecule has 17 heavy (non-hydrogen) atoms. The Morgan fingerprint density at radius 3 is 2.53 bits per heavy atom. The Hall–Kier alpha value is -1.21. The lowest BCUT2D eigenvalue weighted by Crippen LogP contribution is -2.37. The SMILES string of the molecule is NC(=O)NCCNC(=O)c1ccc(Br)cc1S. The lowest BCUT2D eigenvalue weighted by molar-refractivity contribution is 0.0951. The van der Waals surface area contributed by atoms with E-state index >= 15 is 0 Å². The zero-order chi connectivity index (χ0) is 12.8. The van der Waals surface area contributed by atoms with Gasteiger partial charge in [-0.2, -0.15) is 0 Å². The second-order valence-electron chi connectivity index (χ2n) is 3.21. The summed E-state index contributed by atoms with van der Waals surface area (Å²) in [7, 11) is 0. The molecule has 0 unspecified atom stereocenters. The maximum absolute atomic E-state index is 11.7. The van der Waals surface area contributed by atoms with Gasteiger partial charge in [0, 0.05) is 22.5 Å². The monoisotopic (exact) mass is 317 g/mol. The van der Waals surface area contributed by atoms with Gasteiger partial charge in [-0.25, -0.2) is 4.79 Å². The summed E-state index contributed by atoms with van der Waals surface area (Å²) in [4.78, 5) is 22.7.